The van der Waals surface area contributed by atoms with E-state index in [-0.39, 0.29) is 28.7 Å². The fourth-order valence-electron chi connectivity index (χ4n) is 2.58. The van der Waals surface area contributed by atoms with E-state index in [0.717, 1.165) is 0 Å². The van der Waals surface area contributed by atoms with Crippen LogP contribution in [0.3, 0.4) is 0 Å². The fraction of sp³-hybridized carbons (Fsp3) is 0.400. The molecule has 0 aromatic carbocycles. The van der Waals surface area contributed by atoms with Gasteiger partial charge < -0.3 is 19.2 Å². The second kappa shape index (κ2) is 6.45. The quantitative estimate of drug-likeness (QED) is 0.930. The van der Waals surface area contributed by atoms with E-state index in [2.05, 4.69) is 10.5 Å². The number of likely N-dealkylation sites (tertiary alicyclic amines) is 1. The van der Waals surface area contributed by atoms with Crippen molar-refractivity contribution in [1.82, 2.24) is 10.1 Å². The molecule has 23 heavy (non-hydrogen) atoms. The molecule has 0 bridgehead atoms. The molecule has 8 heteroatoms. The lowest BCUT2D eigenvalue weighted by Crippen LogP contribution is -2.41. The van der Waals surface area contributed by atoms with Crippen molar-refractivity contribution >= 4 is 29.2 Å². The van der Waals surface area contributed by atoms with Crippen molar-refractivity contribution in [3.63, 3.8) is 0 Å². The lowest BCUT2D eigenvalue weighted by molar-refractivity contribution is -0.121. The van der Waals surface area contributed by atoms with Crippen molar-refractivity contribution < 1.29 is 18.5 Å². The molecule has 7 nitrogen and oxygen atoms in total. The summed E-state index contributed by atoms with van der Waals surface area (Å²) >= 11 is 5.68. The summed E-state index contributed by atoms with van der Waals surface area (Å²) in [5.41, 5.74) is 0. The van der Waals surface area contributed by atoms with Gasteiger partial charge in [-0.15, -0.1) is 0 Å². The second-order valence-corrected chi connectivity index (χ2v) is 5.85. The molecule has 1 aliphatic rings. The minimum absolute atomic E-state index is 0.105. The first kappa shape index (κ1) is 15.6. The predicted molar refractivity (Wildman–Crippen MR) is 82.2 cm³/mol. The number of carbonyl (C=O) groups excluding carboxylic acids is 2. The van der Waals surface area contributed by atoms with Crippen LogP contribution in [0.1, 0.15) is 29.2 Å². The molecule has 0 unspecified atom stereocenters. The summed E-state index contributed by atoms with van der Waals surface area (Å²) < 4.78 is 10.0. The van der Waals surface area contributed by atoms with Crippen LogP contribution in [0, 0.1) is 12.8 Å². The minimum Gasteiger partial charge on any atom is -0.440 e. The maximum absolute atomic E-state index is 12.2. The number of amides is 2. The average molecular weight is 338 g/mol. The van der Waals surface area contributed by atoms with Gasteiger partial charge in [0.25, 0.3) is 5.91 Å². The van der Waals surface area contributed by atoms with Gasteiger partial charge in [-0.25, -0.2) is 0 Å². The van der Waals surface area contributed by atoms with Crippen LogP contribution in [0.4, 0.5) is 5.82 Å². The molecule has 0 spiro atoms. The summed E-state index contributed by atoms with van der Waals surface area (Å²) in [6.45, 7) is 2.74. The maximum Gasteiger partial charge on any atom is 0.289 e. The van der Waals surface area contributed by atoms with Gasteiger partial charge in [0.1, 0.15) is 5.76 Å². The molecule has 2 aromatic heterocycles. The molecule has 1 saturated heterocycles. The number of anilines is 1. The SMILES string of the molecule is Cc1cc(NC(=O)C2CCN(C(=O)c3ccc(Cl)o3)CC2)no1. The molecule has 2 aromatic rings. The number of hydrogen-bond acceptors (Lipinski definition) is 5. The molecule has 0 atom stereocenters. The smallest absolute Gasteiger partial charge is 0.289 e. The van der Waals surface area contributed by atoms with Crippen molar-refractivity contribution in [2.45, 2.75) is 19.8 Å². The standard InChI is InChI=1S/C15H16ClN3O4/c1-9-8-13(18-23-9)17-14(20)10-4-6-19(7-5-10)15(21)11-2-3-12(16)22-11/h2-3,8,10H,4-7H2,1H3,(H,17,18,20). The molecule has 3 heterocycles. The Morgan fingerprint density at radius 2 is 2.09 bits per heavy atom. The fourth-order valence-corrected chi connectivity index (χ4v) is 2.73. The molecular formula is C15H16ClN3O4. The van der Waals surface area contributed by atoms with Crippen LogP contribution < -0.4 is 5.32 Å². The monoisotopic (exact) mass is 337 g/mol. The van der Waals surface area contributed by atoms with Crippen LogP contribution in [0.25, 0.3) is 0 Å². The van der Waals surface area contributed by atoms with Gasteiger partial charge in [-0.05, 0) is 43.5 Å². The van der Waals surface area contributed by atoms with E-state index < -0.39 is 0 Å². The summed E-state index contributed by atoms with van der Waals surface area (Å²) in [6, 6.07) is 4.75. The number of piperidine rings is 1. The van der Waals surface area contributed by atoms with Crippen molar-refractivity contribution in [3.05, 3.63) is 34.9 Å². The maximum atomic E-state index is 12.2. The van der Waals surface area contributed by atoms with Crippen LogP contribution >= 0.6 is 11.6 Å². The highest BCUT2D eigenvalue weighted by Crippen LogP contribution is 2.22. The molecule has 0 saturated carbocycles. The Labute approximate surface area is 137 Å². The highest BCUT2D eigenvalue weighted by atomic mass is 35.5. The summed E-state index contributed by atoms with van der Waals surface area (Å²) in [7, 11) is 0. The molecule has 122 valence electrons. The zero-order chi connectivity index (χ0) is 16.4. The number of rotatable bonds is 3. The van der Waals surface area contributed by atoms with Crippen LogP contribution in [-0.4, -0.2) is 35.0 Å². The second-order valence-electron chi connectivity index (χ2n) is 5.48. The molecular weight excluding hydrogens is 322 g/mol. The number of hydrogen-bond donors (Lipinski definition) is 1. The first-order valence-corrected chi connectivity index (χ1v) is 7.69. The van der Waals surface area contributed by atoms with E-state index in [1.54, 1.807) is 24.0 Å². The molecule has 0 radical (unpaired) electrons. The molecule has 0 aliphatic carbocycles. The molecule has 1 N–H and O–H groups in total. The lowest BCUT2D eigenvalue weighted by Gasteiger charge is -2.30. The molecule has 3 rings (SSSR count). The predicted octanol–water partition coefficient (Wildman–Crippen LogP) is 2.72. The van der Waals surface area contributed by atoms with E-state index in [1.807, 2.05) is 0 Å². The van der Waals surface area contributed by atoms with E-state index in [0.29, 0.717) is 37.5 Å². The van der Waals surface area contributed by atoms with E-state index in [4.69, 9.17) is 20.5 Å². The van der Waals surface area contributed by atoms with Gasteiger partial charge in [0.05, 0.1) is 0 Å². The first-order chi connectivity index (χ1) is 11.0. The topological polar surface area (TPSA) is 88.6 Å². The minimum atomic E-state index is -0.206. The zero-order valence-electron chi connectivity index (χ0n) is 12.5. The summed E-state index contributed by atoms with van der Waals surface area (Å²) in [5, 5.41) is 6.65. The summed E-state index contributed by atoms with van der Waals surface area (Å²) in [5.74, 6) is 0.801. The van der Waals surface area contributed by atoms with Crippen LogP contribution in [0.2, 0.25) is 5.22 Å². The van der Waals surface area contributed by atoms with Crippen molar-refractivity contribution in [2.75, 3.05) is 18.4 Å². The average Bonchev–Trinajstić information content (AvgIpc) is 3.15. The number of nitrogens with zero attached hydrogens (tertiary/aromatic N) is 2. The van der Waals surface area contributed by atoms with Gasteiger partial charge in [0, 0.05) is 25.1 Å². The lowest BCUT2D eigenvalue weighted by atomic mass is 9.95. The van der Waals surface area contributed by atoms with Crippen LogP contribution in [0.15, 0.2) is 27.1 Å². The third-order valence-corrected chi connectivity index (χ3v) is 4.02. The first-order valence-electron chi connectivity index (χ1n) is 7.32. The summed E-state index contributed by atoms with van der Waals surface area (Å²) in [6.07, 6.45) is 1.17. The summed E-state index contributed by atoms with van der Waals surface area (Å²) in [4.78, 5) is 26.1. The van der Waals surface area contributed by atoms with Gasteiger partial charge in [0.2, 0.25) is 5.91 Å². The number of aryl methyl sites for hydroxylation is 1. The van der Waals surface area contributed by atoms with Crippen LogP contribution in [-0.2, 0) is 4.79 Å². The Hall–Kier alpha value is -2.28. The number of carbonyl (C=O) groups is 2. The third-order valence-electron chi connectivity index (χ3n) is 3.82. The highest BCUT2D eigenvalue weighted by Gasteiger charge is 2.29. The van der Waals surface area contributed by atoms with E-state index in [9.17, 15) is 9.59 Å². The van der Waals surface area contributed by atoms with Gasteiger partial charge >= 0.3 is 0 Å². The Kier molecular flexibility index (Phi) is 4.38. The van der Waals surface area contributed by atoms with E-state index >= 15 is 0 Å². The number of aromatic nitrogens is 1. The van der Waals surface area contributed by atoms with Gasteiger partial charge in [0.15, 0.2) is 16.8 Å². The number of halogens is 1. The van der Waals surface area contributed by atoms with E-state index in [1.165, 1.54) is 6.07 Å². The van der Waals surface area contributed by atoms with Crippen LogP contribution in [0.5, 0.6) is 0 Å². The Balaban J connectivity index is 1.53. The normalized spacial score (nSPS) is 15.7. The molecule has 1 aliphatic heterocycles. The number of nitrogens with one attached hydrogen (secondary N) is 1. The molecule has 2 amide bonds. The van der Waals surface area contributed by atoms with Gasteiger partial charge in [-0.2, -0.15) is 0 Å². The Morgan fingerprint density at radius 1 is 1.35 bits per heavy atom. The zero-order valence-corrected chi connectivity index (χ0v) is 13.3. The molecule has 1 fully saturated rings. The Bertz CT molecular complexity index is 716. The van der Waals surface area contributed by atoms with Crippen molar-refractivity contribution in [2.24, 2.45) is 5.92 Å². The third kappa shape index (κ3) is 3.56. The van der Waals surface area contributed by atoms with Crippen molar-refractivity contribution in [1.29, 1.82) is 0 Å². The van der Waals surface area contributed by atoms with Crippen molar-refractivity contribution in [3.8, 4) is 0 Å². The van der Waals surface area contributed by atoms with Gasteiger partial charge in [-0.1, -0.05) is 5.16 Å². The highest BCUT2D eigenvalue weighted by molar-refractivity contribution is 6.29. The van der Waals surface area contributed by atoms with Gasteiger partial charge in [-0.3, -0.25) is 9.59 Å². The largest absolute Gasteiger partial charge is 0.440 e. The number of furan rings is 1. The Morgan fingerprint density at radius 3 is 2.65 bits per heavy atom.